The summed E-state index contributed by atoms with van der Waals surface area (Å²) in [5.41, 5.74) is 2.55. The smallest absolute Gasteiger partial charge is 0.228 e. The third-order valence-corrected chi connectivity index (χ3v) is 4.34. The van der Waals surface area contributed by atoms with Gasteiger partial charge in [0, 0.05) is 35.8 Å². The molecule has 0 spiro atoms. The second kappa shape index (κ2) is 4.53. The molecule has 0 saturated heterocycles. The van der Waals surface area contributed by atoms with Crippen LogP contribution >= 0.6 is 0 Å². The first-order chi connectivity index (χ1) is 11.8. The minimum absolute atomic E-state index is 0.0288. The Morgan fingerprint density at radius 2 is 2.27 bits per heavy atom. The van der Waals surface area contributed by atoms with Crippen molar-refractivity contribution < 1.29 is 8.91 Å². The maximum atomic E-state index is 12.2. The molecule has 114 valence electrons. The fourth-order valence-corrected chi connectivity index (χ4v) is 2.83. The molecule has 1 atom stereocenters. The van der Waals surface area contributed by atoms with Crippen LogP contribution in [0, 0.1) is 5.92 Å². The fraction of sp³-hybridized carbons (Fsp3) is 0.467. The molecule has 1 amide bonds. The molecular formula is C15H18N6O. The van der Waals surface area contributed by atoms with E-state index in [0.717, 1.165) is 23.3 Å². The lowest BCUT2D eigenvalue weighted by Gasteiger charge is -2.33. The Morgan fingerprint density at radius 3 is 3.00 bits per heavy atom. The van der Waals surface area contributed by atoms with Crippen LogP contribution in [-0.2, 0) is 11.8 Å². The van der Waals surface area contributed by atoms with Gasteiger partial charge < -0.3 is 10.2 Å². The number of rotatable bonds is 2. The number of carbonyl (C=O) groups excluding carboxylic acids is 1. The molecule has 1 aliphatic heterocycles. The Morgan fingerprint density at radius 1 is 1.45 bits per heavy atom. The van der Waals surface area contributed by atoms with E-state index in [-0.39, 0.29) is 17.9 Å². The molecule has 2 aliphatic rings. The summed E-state index contributed by atoms with van der Waals surface area (Å²) >= 11 is 0. The molecular weight excluding hydrogens is 280 g/mol. The van der Waals surface area contributed by atoms with Crippen molar-refractivity contribution in [3.8, 4) is 11.3 Å². The molecule has 2 aromatic heterocycles. The van der Waals surface area contributed by atoms with Gasteiger partial charge in [0.15, 0.2) is 5.82 Å². The number of aryl methyl sites for hydroxylation is 1. The summed E-state index contributed by atoms with van der Waals surface area (Å²) in [7, 11) is 1.87. The van der Waals surface area contributed by atoms with E-state index in [9.17, 15) is 4.79 Å². The summed E-state index contributed by atoms with van der Waals surface area (Å²) < 4.78 is 22.6. The molecule has 7 heteroatoms. The number of hydrogen-bond donors (Lipinski definition) is 1. The van der Waals surface area contributed by atoms with Crippen LogP contribution < -0.4 is 10.2 Å². The number of nitrogens with zero attached hydrogens (tertiary/aromatic N) is 5. The summed E-state index contributed by atoms with van der Waals surface area (Å²) in [5, 5.41) is 11.3. The van der Waals surface area contributed by atoms with Crippen LogP contribution in [0.15, 0.2) is 12.3 Å². The van der Waals surface area contributed by atoms with E-state index in [2.05, 4.69) is 20.5 Å². The Bertz CT molecular complexity index is 857. The van der Waals surface area contributed by atoms with Crippen LogP contribution in [-0.4, -0.2) is 32.9 Å². The number of fused-ring (bicyclic) bond motifs is 3. The van der Waals surface area contributed by atoms with Crippen molar-refractivity contribution in [1.29, 1.82) is 0 Å². The molecule has 0 bridgehead atoms. The molecule has 4 rings (SSSR count). The topological polar surface area (TPSA) is 75.9 Å². The first kappa shape index (κ1) is 10.3. The van der Waals surface area contributed by atoms with E-state index >= 15 is 0 Å². The van der Waals surface area contributed by atoms with E-state index in [1.165, 1.54) is 0 Å². The zero-order valence-corrected chi connectivity index (χ0v) is 12.4. The molecule has 3 heterocycles. The second-order valence-corrected chi connectivity index (χ2v) is 5.83. The average molecular weight is 301 g/mol. The van der Waals surface area contributed by atoms with Gasteiger partial charge in [-0.3, -0.25) is 4.79 Å². The molecule has 7 nitrogen and oxygen atoms in total. The summed E-state index contributed by atoms with van der Waals surface area (Å²) in [6.07, 6.45) is 3.40. The first-order valence-electron chi connectivity index (χ1n) is 8.78. The molecule has 22 heavy (non-hydrogen) atoms. The number of nitrogens with one attached hydrogen (secondary N) is 1. The van der Waals surface area contributed by atoms with Crippen LogP contribution in [0.2, 0.25) is 0 Å². The van der Waals surface area contributed by atoms with E-state index in [0.29, 0.717) is 22.8 Å². The number of amides is 1. The van der Waals surface area contributed by atoms with Crippen LogP contribution in [0.4, 0.5) is 11.5 Å². The summed E-state index contributed by atoms with van der Waals surface area (Å²) in [4.78, 5) is 19.2. The van der Waals surface area contributed by atoms with Crippen LogP contribution in [0.5, 0.6) is 0 Å². The van der Waals surface area contributed by atoms with E-state index in [4.69, 9.17) is 4.11 Å². The predicted octanol–water partition coefficient (Wildman–Crippen LogP) is 1.74. The van der Waals surface area contributed by atoms with Crippen molar-refractivity contribution in [2.24, 2.45) is 12.9 Å². The standard InChI is InChI=1S/C15H18N6O/c1-8-11-12(19-21(3)18-11)10-6-7-16-14(13(10)20(8)2)17-15(22)9-4-5-9/h6-9H,4-5H2,1-3H3,(H,16,17,22)/i3D3. The summed E-state index contributed by atoms with van der Waals surface area (Å²) in [6.45, 7) is -0.522. The molecule has 1 unspecified atom stereocenters. The Kier molecular flexibility index (Phi) is 2.12. The monoisotopic (exact) mass is 301 g/mol. The van der Waals surface area contributed by atoms with Gasteiger partial charge in [0.1, 0.15) is 11.4 Å². The quantitative estimate of drug-likeness (QED) is 0.914. The fourth-order valence-electron chi connectivity index (χ4n) is 2.83. The number of carbonyl (C=O) groups is 1. The van der Waals surface area contributed by atoms with E-state index < -0.39 is 6.98 Å². The summed E-state index contributed by atoms with van der Waals surface area (Å²) in [6, 6.07) is 1.57. The third-order valence-electron chi connectivity index (χ3n) is 4.34. The lowest BCUT2D eigenvalue weighted by Crippen LogP contribution is -2.28. The van der Waals surface area contributed by atoms with Gasteiger partial charge in [-0.25, -0.2) is 4.98 Å². The van der Waals surface area contributed by atoms with Crippen molar-refractivity contribution in [2.75, 3.05) is 17.3 Å². The van der Waals surface area contributed by atoms with Gasteiger partial charge in [0.25, 0.3) is 0 Å². The van der Waals surface area contributed by atoms with E-state index in [1.807, 2.05) is 18.9 Å². The zero-order chi connectivity index (χ0) is 17.9. The summed E-state index contributed by atoms with van der Waals surface area (Å²) in [5.74, 6) is 0.507. The van der Waals surface area contributed by atoms with E-state index in [1.54, 1.807) is 12.3 Å². The Hall–Kier alpha value is -2.44. The SMILES string of the molecule is [2H]C([2H])([2H])n1nc2c(n1)C(C)N(C)c1c-2ccnc1NC(=O)C1CC1. The van der Waals surface area contributed by atoms with Gasteiger partial charge >= 0.3 is 0 Å². The second-order valence-electron chi connectivity index (χ2n) is 5.83. The van der Waals surface area contributed by atoms with Crippen LogP contribution in [0.25, 0.3) is 11.3 Å². The lowest BCUT2D eigenvalue weighted by atomic mass is 9.99. The average Bonchev–Trinajstić information content (AvgIpc) is 3.29. The van der Waals surface area contributed by atoms with Crippen molar-refractivity contribution in [3.05, 3.63) is 18.0 Å². The highest BCUT2D eigenvalue weighted by atomic mass is 16.2. The molecule has 1 aliphatic carbocycles. The molecule has 0 aromatic carbocycles. The van der Waals surface area contributed by atoms with Gasteiger partial charge in [-0.1, -0.05) is 0 Å². The zero-order valence-electron chi connectivity index (χ0n) is 15.4. The third kappa shape index (κ3) is 1.88. The molecule has 1 saturated carbocycles. The highest BCUT2D eigenvalue weighted by molar-refractivity contribution is 5.99. The van der Waals surface area contributed by atoms with Crippen molar-refractivity contribution >= 4 is 17.4 Å². The molecule has 2 aromatic rings. The Labute approximate surface area is 132 Å². The number of anilines is 2. The molecule has 0 radical (unpaired) electrons. The minimum atomic E-state index is -2.44. The highest BCUT2D eigenvalue weighted by Gasteiger charge is 2.34. The van der Waals surface area contributed by atoms with Gasteiger partial charge in [-0.2, -0.15) is 15.0 Å². The van der Waals surface area contributed by atoms with Crippen LogP contribution in [0.3, 0.4) is 0 Å². The Balaban J connectivity index is 1.83. The maximum Gasteiger partial charge on any atom is 0.228 e. The predicted molar refractivity (Wildman–Crippen MR) is 82.4 cm³/mol. The van der Waals surface area contributed by atoms with Crippen molar-refractivity contribution in [1.82, 2.24) is 20.0 Å². The normalized spacial score (nSPS) is 22.2. The molecule has 1 fully saturated rings. The van der Waals surface area contributed by atoms with Gasteiger partial charge in [0.2, 0.25) is 5.91 Å². The van der Waals surface area contributed by atoms with Crippen molar-refractivity contribution in [3.63, 3.8) is 0 Å². The number of pyridine rings is 1. The minimum Gasteiger partial charge on any atom is -0.363 e. The highest BCUT2D eigenvalue weighted by Crippen LogP contribution is 2.45. The van der Waals surface area contributed by atoms with Gasteiger partial charge in [-0.05, 0) is 25.8 Å². The van der Waals surface area contributed by atoms with Crippen molar-refractivity contribution in [2.45, 2.75) is 25.8 Å². The number of hydrogen-bond acceptors (Lipinski definition) is 5. The van der Waals surface area contributed by atoms with Crippen LogP contribution in [0.1, 0.15) is 35.6 Å². The first-order valence-corrected chi connectivity index (χ1v) is 7.28. The largest absolute Gasteiger partial charge is 0.363 e. The molecule has 1 N–H and O–H groups in total. The van der Waals surface area contributed by atoms with Gasteiger partial charge in [-0.15, -0.1) is 0 Å². The number of aromatic nitrogens is 4. The maximum absolute atomic E-state index is 12.2. The lowest BCUT2D eigenvalue weighted by molar-refractivity contribution is -0.117. The van der Waals surface area contributed by atoms with Gasteiger partial charge in [0.05, 0.1) is 11.7 Å².